The third-order valence-corrected chi connectivity index (χ3v) is 2.07. The lowest BCUT2D eigenvalue weighted by molar-refractivity contribution is -0.136. The third kappa shape index (κ3) is 1.34. The van der Waals surface area contributed by atoms with Gasteiger partial charge in [0.15, 0.2) is 0 Å². The van der Waals surface area contributed by atoms with E-state index in [1.54, 1.807) is 0 Å². The van der Waals surface area contributed by atoms with Crippen LogP contribution in [0.1, 0.15) is 11.1 Å². The fourth-order valence-electron chi connectivity index (χ4n) is 1.49. The van der Waals surface area contributed by atoms with E-state index in [1.807, 2.05) is 0 Å². The smallest absolute Gasteiger partial charge is 0.325 e. The van der Waals surface area contributed by atoms with E-state index < -0.39 is 17.6 Å². The Hall–Kier alpha value is -1.52. The number of carbonyl (C=O) groups excluding carboxylic acids is 1. The van der Waals surface area contributed by atoms with Gasteiger partial charge in [0.05, 0.1) is 17.7 Å². The second kappa shape index (κ2) is 2.73. The molecule has 0 radical (unpaired) electrons. The first-order valence-electron chi connectivity index (χ1n) is 3.97. The topological polar surface area (TPSA) is 29.1 Å². The zero-order chi connectivity index (χ0) is 10.3. The monoisotopic (exact) mass is 201 g/mol. The van der Waals surface area contributed by atoms with Gasteiger partial charge in [0, 0.05) is 0 Å². The van der Waals surface area contributed by atoms with Gasteiger partial charge in [-0.25, -0.2) is 0 Å². The number of para-hydroxylation sites is 1. The van der Waals surface area contributed by atoms with Crippen LogP contribution in [-0.4, -0.2) is 5.91 Å². The van der Waals surface area contributed by atoms with Gasteiger partial charge in [0.2, 0.25) is 5.91 Å². The average molecular weight is 201 g/mol. The SMILES string of the molecule is O=C1Cc2cccc(C(F)(F)F)c2N1. The van der Waals surface area contributed by atoms with Gasteiger partial charge in [0.25, 0.3) is 0 Å². The second-order valence-electron chi connectivity index (χ2n) is 3.06. The largest absolute Gasteiger partial charge is 0.418 e. The van der Waals surface area contributed by atoms with E-state index >= 15 is 0 Å². The zero-order valence-electron chi connectivity index (χ0n) is 6.98. The van der Waals surface area contributed by atoms with Gasteiger partial charge in [0.1, 0.15) is 0 Å². The maximum Gasteiger partial charge on any atom is 0.418 e. The molecule has 1 amide bonds. The van der Waals surface area contributed by atoms with Gasteiger partial charge in [-0.05, 0) is 11.6 Å². The third-order valence-electron chi connectivity index (χ3n) is 2.07. The summed E-state index contributed by atoms with van der Waals surface area (Å²) in [5.74, 6) is -0.392. The number of hydrogen-bond donors (Lipinski definition) is 1. The number of nitrogens with one attached hydrogen (secondary N) is 1. The van der Waals surface area contributed by atoms with Crippen molar-refractivity contribution in [2.75, 3.05) is 5.32 Å². The summed E-state index contributed by atoms with van der Waals surface area (Å²) in [7, 11) is 0. The van der Waals surface area contributed by atoms with Crippen molar-refractivity contribution in [2.24, 2.45) is 0 Å². The molecule has 5 heteroatoms. The van der Waals surface area contributed by atoms with Crippen LogP contribution in [0.3, 0.4) is 0 Å². The molecular weight excluding hydrogens is 195 g/mol. The molecule has 1 aromatic rings. The normalized spacial score (nSPS) is 15.2. The fraction of sp³-hybridized carbons (Fsp3) is 0.222. The van der Waals surface area contributed by atoms with Crippen molar-refractivity contribution in [2.45, 2.75) is 12.6 Å². The summed E-state index contributed by atoms with van der Waals surface area (Å²) >= 11 is 0. The van der Waals surface area contributed by atoms with Crippen LogP contribution in [0.2, 0.25) is 0 Å². The van der Waals surface area contributed by atoms with Crippen molar-refractivity contribution in [3.8, 4) is 0 Å². The van der Waals surface area contributed by atoms with Gasteiger partial charge in [-0.3, -0.25) is 4.79 Å². The first kappa shape index (κ1) is 9.05. The van der Waals surface area contributed by atoms with E-state index in [-0.39, 0.29) is 12.1 Å². The van der Waals surface area contributed by atoms with Crippen molar-refractivity contribution < 1.29 is 18.0 Å². The molecule has 2 rings (SSSR count). The molecular formula is C9H6F3NO. The van der Waals surface area contributed by atoms with E-state index in [2.05, 4.69) is 5.32 Å². The van der Waals surface area contributed by atoms with Crippen LogP contribution in [-0.2, 0) is 17.4 Å². The predicted octanol–water partition coefficient (Wildman–Crippen LogP) is 2.20. The molecule has 1 aliphatic heterocycles. The van der Waals surface area contributed by atoms with E-state index in [0.29, 0.717) is 5.56 Å². The first-order valence-corrected chi connectivity index (χ1v) is 3.97. The molecule has 2 nitrogen and oxygen atoms in total. The average Bonchev–Trinajstić information content (AvgIpc) is 2.41. The number of benzene rings is 1. The number of rotatable bonds is 0. The minimum atomic E-state index is -4.41. The Balaban J connectivity index is 2.55. The van der Waals surface area contributed by atoms with Gasteiger partial charge in [-0.1, -0.05) is 12.1 Å². The van der Waals surface area contributed by atoms with Crippen LogP contribution in [0.4, 0.5) is 18.9 Å². The predicted molar refractivity (Wildman–Crippen MR) is 43.8 cm³/mol. The minimum Gasteiger partial charge on any atom is -0.325 e. The molecule has 14 heavy (non-hydrogen) atoms. The van der Waals surface area contributed by atoms with Gasteiger partial charge in [-0.2, -0.15) is 13.2 Å². The molecule has 0 atom stereocenters. The second-order valence-corrected chi connectivity index (χ2v) is 3.06. The highest BCUT2D eigenvalue weighted by Crippen LogP contribution is 2.38. The maximum atomic E-state index is 12.4. The standard InChI is InChI=1S/C9H6F3NO/c10-9(11,12)6-3-1-2-5-4-7(14)13-8(5)6/h1-3H,4H2,(H,13,14). The van der Waals surface area contributed by atoms with E-state index in [1.165, 1.54) is 12.1 Å². The Bertz CT molecular complexity index is 398. The summed E-state index contributed by atoms with van der Waals surface area (Å²) < 4.78 is 37.3. The molecule has 1 heterocycles. The summed E-state index contributed by atoms with van der Waals surface area (Å²) in [6.45, 7) is 0. The van der Waals surface area contributed by atoms with E-state index in [4.69, 9.17) is 0 Å². The Kier molecular flexibility index (Phi) is 1.77. The number of anilines is 1. The first-order chi connectivity index (χ1) is 6.48. The summed E-state index contributed by atoms with van der Waals surface area (Å²) in [6, 6.07) is 3.79. The number of fused-ring (bicyclic) bond motifs is 1. The summed E-state index contributed by atoms with van der Waals surface area (Å²) in [4.78, 5) is 10.9. The Labute approximate surface area is 77.7 Å². The van der Waals surface area contributed by atoms with Crippen molar-refractivity contribution >= 4 is 11.6 Å². The molecule has 1 N–H and O–H groups in total. The molecule has 0 spiro atoms. The molecule has 1 aliphatic rings. The summed E-state index contributed by atoms with van der Waals surface area (Å²) in [6.07, 6.45) is -4.39. The Morgan fingerprint density at radius 3 is 2.64 bits per heavy atom. The minimum absolute atomic E-state index is 0.0270. The van der Waals surface area contributed by atoms with Crippen molar-refractivity contribution in [3.63, 3.8) is 0 Å². The molecule has 1 aromatic carbocycles. The van der Waals surface area contributed by atoms with E-state index in [9.17, 15) is 18.0 Å². The number of hydrogen-bond acceptors (Lipinski definition) is 1. The molecule has 0 saturated carbocycles. The van der Waals surface area contributed by atoms with Crippen LogP contribution < -0.4 is 5.32 Å². The quantitative estimate of drug-likeness (QED) is 0.684. The number of alkyl halides is 3. The molecule has 74 valence electrons. The summed E-state index contributed by atoms with van der Waals surface area (Å²) in [5, 5.41) is 2.21. The lowest BCUT2D eigenvalue weighted by atomic mass is 10.1. The maximum absolute atomic E-state index is 12.4. The molecule has 0 aromatic heterocycles. The van der Waals surface area contributed by atoms with Crippen molar-refractivity contribution in [3.05, 3.63) is 29.3 Å². The van der Waals surface area contributed by atoms with Crippen molar-refractivity contribution in [1.82, 2.24) is 0 Å². The molecule has 0 unspecified atom stereocenters. The molecule has 0 fully saturated rings. The number of halogens is 3. The van der Waals surface area contributed by atoms with E-state index in [0.717, 1.165) is 6.07 Å². The highest BCUT2D eigenvalue weighted by Gasteiger charge is 2.36. The van der Waals surface area contributed by atoms with Gasteiger partial charge < -0.3 is 5.32 Å². The highest BCUT2D eigenvalue weighted by atomic mass is 19.4. The lowest BCUT2D eigenvalue weighted by Crippen LogP contribution is -2.10. The Morgan fingerprint density at radius 2 is 2.00 bits per heavy atom. The van der Waals surface area contributed by atoms with Crippen LogP contribution in [0.15, 0.2) is 18.2 Å². The van der Waals surface area contributed by atoms with Crippen LogP contribution in [0.25, 0.3) is 0 Å². The van der Waals surface area contributed by atoms with Gasteiger partial charge in [-0.15, -0.1) is 0 Å². The molecule has 0 saturated heterocycles. The molecule has 0 bridgehead atoms. The number of carbonyl (C=O) groups is 1. The molecule has 0 aliphatic carbocycles. The van der Waals surface area contributed by atoms with Crippen LogP contribution in [0, 0.1) is 0 Å². The lowest BCUT2D eigenvalue weighted by Gasteiger charge is -2.10. The van der Waals surface area contributed by atoms with Gasteiger partial charge >= 0.3 is 6.18 Å². The van der Waals surface area contributed by atoms with Crippen LogP contribution >= 0.6 is 0 Å². The zero-order valence-corrected chi connectivity index (χ0v) is 6.98. The fourth-order valence-corrected chi connectivity index (χ4v) is 1.49. The highest BCUT2D eigenvalue weighted by molar-refractivity contribution is 6.00. The number of amides is 1. The van der Waals surface area contributed by atoms with Crippen LogP contribution in [0.5, 0.6) is 0 Å². The summed E-state index contributed by atoms with van der Waals surface area (Å²) in [5.41, 5.74) is -0.462. The van der Waals surface area contributed by atoms with Crippen molar-refractivity contribution in [1.29, 1.82) is 0 Å². The Morgan fingerprint density at radius 1 is 1.29 bits per heavy atom.